The first kappa shape index (κ1) is 65.3. The molecule has 0 aromatic heterocycles. The van der Waals surface area contributed by atoms with E-state index in [1.807, 2.05) is 0 Å². The van der Waals surface area contributed by atoms with Crippen LogP contribution >= 0.6 is 0 Å². The lowest BCUT2D eigenvalue weighted by molar-refractivity contribution is -0.332. The molecule has 2 rings (SSSR count). The Morgan fingerprint density at radius 2 is 0.833 bits per heavy atom. The summed E-state index contributed by atoms with van der Waals surface area (Å²) in [5.74, 6) is -0.966. The molecule has 11 atom stereocenters. The Morgan fingerprint density at radius 1 is 0.444 bits per heavy atom. The number of hydrogen-bond acceptors (Lipinski definition) is 15. The molecule has 416 valence electrons. The van der Waals surface area contributed by atoms with Crippen LogP contribution in [0.1, 0.15) is 194 Å². The van der Waals surface area contributed by atoms with Crippen molar-refractivity contribution in [2.24, 2.45) is 0 Å². The van der Waals surface area contributed by atoms with Crippen LogP contribution in [0.15, 0.2) is 60.8 Å². The van der Waals surface area contributed by atoms with Crippen molar-refractivity contribution in [2.75, 3.05) is 26.4 Å². The maximum Gasteiger partial charge on any atom is 0.306 e. The number of aliphatic hydroxyl groups is 7. The first-order valence-electron chi connectivity index (χ1n) is 27.9. The summed E-state index contributed by atoms with van der Waals surface area (Å²) in [6.07, 6.45) is 33.8. The number of ether oxygens (including phenoxy) is 6. The highest BCUT2D eigenvalue weighted by Gasteiger charge is 2.47. The highest BCUT2D eigenvalue weighted by Crippen LogP contribution is 2.26. The van der Waals surface area contributed by atoms with Crippen LogP contribution in [0, 0.1) is 0 Å². The van der Waals surface area contributed by atoms with Gasteiger partial charge in [-0.2, -0.15) is 0 Å². The second kappa shape index (κ2) is 43.4. The highest BCUT2D eigenvalue weighted by molar-refractivity contribution is 5.70. The maximum atomic E-state index is 13.0. The predicted molar refractivity (Wildman–Crippen MR) is 280 cm³/mol. The van der Waals surface area contributed by atoms with Crippen LogP contribution in [0.2, 0.25) is 0 Å². The van der Waals surface area contributed by atoms with Gasteiger partial charge in [-0.15, -0.1) is 0 Å². The van der Waals surface area contributed by atoms with Crippen LogP contribution in [-0.4, -0.2) is 142 Å². The lowest BCUT2D eigenvalue weighted by Crippen LogP contribution is -2.61. The fourth-order valence-corrected chi connectivity index (χ4v) is 8.37. The van der Waals surface area contributed by atoms with Crippen molar-refractivity contribution < 1.29 is 73.8 Å². The van der Waals surface area contributed by atoms with E-state index in [1.54, 1.807) is 0 Å². The topological polar surface area (TPSA) is 231 Å². The van der Waals surface area contributed by atoms with E-state index in [0.29, 0.717) is 12.8 Å². The zero-order valence-corrected chi connectivity index (χ0v) is 44.1. The summed E-state index contributed by atoms with van der Waals surface area (Å²) >= 11 is 0. The largest absolute Gasteiger partial charge is 0.462 e. The van der Waals surface area contributed by atoms with Gasteiger partial charge in [-0.05, 0) is 83.5 Å². The van der Waals surface area contributed by atoms with Gasteiger partial charge < -0.3 is 64.2 Å². The highest BCUT2D eigenvalue weighted by atomic mass is 16.7. The molecule has 2 aliphatic rings. The summed E-state index contributed by atoms with van der Waals surface area (Å²) in [6, 6.07) is 0. The molecule has 2 heterocycles. The Kier molecular flexibility index (Phi) is 39.4. The van der Waals surface area contributed by atoms with Gasteiger partial charge in [0.1, 0.15) is 55.4 Å². The number of unbranched alkanes of at least 4 members (excludes halogenated alkanes) is 19. The standard InChI is InChI=1S/C57H98O15/c1-3-5-7-9-11-13-15-17-19-21-22-24-26-28-30-32-34-36-38-40-49(60)70-45(42-67-48(59)39-37-35-33-31-29-27-25-23-20-18-16-14-12-10-8-6-4-2)43-68-56-55(66)53(64)51(62)47(72-56)44-69-57-54(65)52(63)50(61)46(41-58)71-57/h11,13,17-20,22,24,28,30,45-47,50-58,61-66H,3-10,12,14-16,21,23,25-27,29,31-44H2,1-2H3/b13-11+,19-17+,20-18+,24-22+,30-28+/t45-,46+,47+,50-,51-,52?,53?,54?,55?,56+,57+/m1/s1. The number of carbonyl (C=O) groups excluding carboxylic acids is 2. The Morgan fingerprint density at radius 3 is 1.36 bits per heavy atom. The van der Waals surface area contributed by atoms with Gasteiger partial charge in [-0.1, -0.05) is 158 Å². The Labute approximate surface area is 432 Å². The molecule has 0 aromatic rings. The molecule has 0 spiro atoms. The van der Waals surface area contributed by atoms with Crippen molar-refractivity contribution in [3.8, 4) is 0 Å². The average Bonchev–Trinajstić information content (AvgIpc) is 3.37. The molecule has 2 aliphatic heterocycles. The van der Waals surface area contributed by atoms with Gasteiger partial charge in [0.15, 0.2) is 18.7 Å². The average molecular weight is 1020 g/mol. The van der Waals surface area contributed by atoms with Gasteiger partial charge in [0.25, 0.3) is 0 Å². The third-order valence-electron chi connectivity index (χ3n) is 13.0. The molecule has 0 radical (unpaired) electrons. The molecule has 0 saturated carbocycles. The van der Waals surface area contributed by atoms with Crippen molar-refractivity contribution in [3.63, 3.8) is 0 Å². The molecule has 72 heavy (non-hydrogen) atoms. The van der Waals surface area contributed by atoms with Gasteiger partial charge in [-0.25, -0.2) is 0 Å². The molecule has 0 aliphatic carbocycles. The molecule has 4 unspecified atom stereocenters. The molecular weight excluding hydrogens is 925 g/mol. The van der Waals surface area contributed by atoms with Crippen LogP contribution in [0.25, 0.3) is 0 Å². The fraction of sp³-hybridized carbons (Fsp3) is 0.789. The number of allylic oxidation sites excluding steroid dienone is 10. The van der Waals surface area contributed by atoms with Gasteiger partial charge in [0.05, 0.1) is 19.8 Å². The number of rotatable bonds is 43. The molecule has 7 N–H and O–H groups in total. The van der Waals surface area contributed by atoms with Gasteiger partial charge >= 0.3 is 11.9 Å². The lowest BCUT2D eigenvalue weighted by Gasteiger charge is -2.42. The number of esters is 2. The van der Waals surface area contributed by atoms with E-state index in [9.17, 15) is 45.3 Å². The molecule has 2 fully saturated rings. The minimum Gasteiger partial charge on any atom is -0.462 e. The van der Waals surface area contributed by atoms with E-state index in [-0.39, 0.29) is 19.4 Å². The fourth-order valence-electron chi connectivity index (χ4n) is 8.37. The van der Waals surface area contributed by atoms with Gasteiger partial charge in [0, 0.05) is 12.8 Å². The minimum absolute atomic E-state index is 0.125. The lowest BCUT2D eigenvalue weighted by atomic mass is 9.98. The normalized spacial score (nSPS) is 25.5. The number of aliphatic hydroxyl groups excluding tert-OH is 7. The zero-order chi connectivity index (χ0) is 52.4. The molecule has 2 saturated heterocycles. The van der Waals surface area contributed by atoms with Gasteiger partial charge in [-0.3, -0.25) is 9.59 Å². The third-order valence-corrected chi connectivity index (χ3v) is 13.0. The summed E-state index contributed by atoms with van der Waals surface area (Å²) in [4.78, 5) is 25.8. The SMILES string of the molecule is CCCCC/C=C/C/C=C/C/C=C/C/C=C/CCCCCC(=O)O[C@H](COC(=O)CCCCCCCCC/C=C/CCCCCCCC)CO[C@H]1O[C@@H](CO[C@H]2O[C@@H](CO)[C@@H](O)C(O)C2O)[C@@H](O)C(O)C1O. The molecular formula is C57H98O15. The van der Waals surface area contributed by atoms with E-state index in [4.69, 9.17) is 28.4 Å². The van der Waals surface area contributed by atoms with E-state index in [0.717, 1.165) is 77.0 Å². The Balaban J connectivity index is 1.80. The predicted octanol–water partition coefficient (Wildman–Crippen LogP) is 8.83. The molecule has 15 nitrogen and oxygen atoms in total. The monoisotopic (exact) mass is 1020 g/mol. The van der Waals surface area contributed by atoms with Crippen molar-refractivity contribution in [1.82, 2.24) is 0 Å². The van der Waals surface area contributed by atoms with Crippen molar-refractivity contribution >= 4 is 11.9 Å². The Bertz CT molecular complexity index is 1480. The van der Waals surface area contributed by atoms with E-state index in [2.05, 4.69) is 74.6 Å². The summed E-state index contributed by atoms with van der Waals surface area (Å²) in [7, 11) is 0. The van der Waals surface area contributed by atoms with Crippen molar-refractivity contribution in [1.29, 1.82) is 0 Å². The summed E-state index contributed by atoms with van der Waals surface area (Å²) < 4.78 is 33.6. The molecule has 0 bridgehead atoms. The van der Waals surface area contributed by atoms with Crippen LogP contribution in [-0.2, 0) is 38.0 Å². The summed E-state index contributed by atoms with van der Waals surface area (Å²) in [5.41, 5.74) is 0. The number of carbonyl (C=O) groups is 2. The van der Waals surface area contributed by atoms with Crippen LogP contribution in [0.3, 0.4) is 0 Å². The third kappa shape index (κ3) is 30.5. The molecule has 15 heteroatoms. The van der Waals surface area contributed by atoms with Crippen LogP contribution in [0.4, 0.5) is 0 Å². The Hall–Kier alpha value is -2.80. The van der Waals surface area contributed by atoms with Crippen LogP contribution < -0.4 is 0 Å². The smallest absolute Gasteiger partial charge is 0.306 e. The molecule has 0 amide bonds. The minimum atomic E-state index is -1.77. The maximum absolute atomic E-state index is 13.0. The van der Waals surface area contributed by atoms with Crippen LogP contribution in [0.5, 0.6) is 0 Å². The number of hydrogen-bond donors (Lipinski definition) is 7. The van der Waals surface area contributed by atoms with Gasteiger partial charge in [0.2, 0.25) is 0 Å². The summed E-state index contributed by atoms with van der Waals surface area (Å²) in [6.45, 7) is 2.53. The quantitative estimate of drug-likeness (QED) is 0.0172. The second-order valence-corrected chi connectivity index (χ2v) is 19.4. The van der Waals surface area contributed by atoms with E-state index in [1.165, 1.54) is 77.0 Å². The van der Waals surface area contributed by atoms with Crippen molar-refractivity contribution in [2.45, 2.75) is 261 Å². The van der Waals surface area contributed by atoms with Crippen molar-refractivity contribution in [3.05, 3.63) is 60.8 Å². The molecule has 0 aromatic carbocycles. The van der Waals surface area contributed by atoms with E-state index >= 15 is 0 Å². The van der Waals surface area contributed by atoms with E-state index < -0.39 is 99.3 Å². The zero-order valence-electron chi connectivity index (χ0n) is 44.1. The first-order valence-corrected chi connectivity index (χ1v) is 27.9. The first-order chi connectivity index (χ1) is 35.0. The second-order valence-electron chi connectivity index (χ2n) is 19.4. The summed E-state index contributed by atoms with van der Waals surface area (Å²) in [5, 5.41) is 72.2.